The van der Waals surface area contributed by atoms with E-state index in [4.69, 9.17) is 4.74 Å². The van der Waals surface area contributed by atoms with E-state index in [1.165, 1.54) is 32.4 Å². The van der Waals surface area contributed by atoms with Crippen LogP contribution >= 0.6 is 11.8 Å². The van der Waals surface area contributed by atoms with E-state index in [9.17, 15) is 0 Å². The first-order valence-electron chi connectivity index (χ1n) is 8.74. The van der Waals surface area contributed by atoms with Crippen molar-refractivity contribution in [3.8, 4) is 17.1 Å². The molecule has 0 aliphatic carbocycles. The Bertz CT molecular complexity index is 635. The van der Waals surface area contributed by atoms with Gasteiger partial charge in [-0.3, -0.25) is 0 Å². The van der Waals surface area contributed by atoms with Gasteiger partial charge < -0.3 is 14.2 Å². The van der Waals surface area contributed by atoms with Gasteiger partial charge in [-0.15, -0.1) is 10.2 Å². The van der Waals surface area contributed by atoms with Gasteiger partial charge in [0.15, 0.2) is 11.0 Å². The average Bonchev–Trinajstić information content (AvgIpc) is 3.05. The number of ether oxygens (including phenoxy) is 1. The summed E-state index contributed by atoms with van der Waals surface area (Å²) < 4.78 is 7.42. The van der Waals surface area contributed by atoms with E-state index < -0.39 is 0 Å². The highest BCUT2D eigenvalue weighted by Gasteiger charge is 2.14. The molecule has 0 bridgehead atoms. The highest BCUT2D eigenvalue weighted by Crippen LogP contribution is 2.25. The van der Waals surface area contributed by atoms with Crippen LogP contribution in [0.25, 0.3) is 11.4 Å². The largest absolute Gasteiger partial charge is 0.497 e. The summed E-state index contributed by atoms with van der Waals surface area (Å²) in [6.07, 6.45) is 4.08. The normalized spacial score (nSPS) is 15.6. The molecule has 0 unspecified atom stereocenters. The second kappa shape index (κ2) is 8.53. The summed E-state index contributed by atoms with van der Waals surface area (Å²) in [5, 5.41) is 9.84. The summed E-state index contributed by atoms with van der Waals surface area (Å²) in [5.74, 6) is 2.86. The summed E-state index contributed by atoms with van der Waals surface area (Å²) >= 11 is 1.81. The van der Waals surface area contributed by atoms with E-state index in [2.05, 4.69) is 26.6 Å². The van der Waals surface area contributed by atoms with Crippen molar-refractivity contribution in [2.75, 3.05) is 32.5 Å². The van der Waals surface area contributed by atoms with Gasteiger partial charge in [0.1, 0.15) is 5.75 Å². The highest BCUT2D eigenvalue weighted by atomic mass is 32.2. The Hall–Kier alpha value is -1.53. The molecule has 1 aromatic carbocycles. The van der Waals surface area contributed by atoms with E-state index in [1.54, 1.807) is 7.11 Å². The molecular formula is C18H26N4OS. The summed E-state index contributed by atoms with van der Waals surface area (Å²) in [7, 11) is 1.68. The quantitative estimate of drug-likeness (QED) is 0.717. The van der Waals surface area contributed by atoms with Crippen LogP contribution in [0.2, 0.25) is 0 Å². The predicted molar refractivity (Wildman–Crippen MR) is 98.7 cm³/mol. The number of hydrogen-bond acceptors (Lipinski definition) is 5. The lowest BCUT2D eigenvalue weighted by atomic mass is 10.1. The van der Waals surface area contributed by atoms with Gasteiger partial charge in [-0.2, -0.15) is 0 Å². The zero-order valence-corrected chi connectivity index (χ0v) is 15.4. The van der Waals surface area contributed by atoms with Crippen LogP contribution in [0, 0.1) is 0 Å². The van der Waals surface area contributed by atoms with Crippen molar-refractivity contribution in [3.05, 3.63) is 24.3 Å². The maximum absolute atomic E-state index is 5.23. The maximum atomic E-state index is 5.23. The zero-order valence-electron chi connectivity index (χ0n) is 14.6. The molecule has 0 saturated carbocycles. The fourth-order valence-corrected chi connectivity index (χ4v) is 4.09. The minimum absolute atomic E-state index is 0.859. The van der Waals surface area contributed by atoms with Crippen molar-refractivity contribution in [2.24, 2.45) is 0 Å². The molecule has 24 heavy (non-hydrogen) atoms. The third-order valence-electron chi connectivity index (χ3n) is 4.47. The van der Waals surface area contributed by atoms with Crippen molar-refractivity contribution in [1.29, 1.82) is 0 Å². The smallest absolute Gasteiger partial charge is 0.191 e. The Labute approximate surface area is 148 Å². The van der Waals surface area contributed by atoms with Crippen molar-refractivity contribution in [1.82, 2.24) is 19.7 Å². The Morgan fingerprint density at radius 1 is 1.08 bits per heavy atom. The zero-order chi connectivity index (χ0) is 16.8. The Morgan fingerprint density at radius 3 is 2.50 bits per heavy atom. The Kier molecular flexibility index (Phi) is 6.15. The molecule has 3 rings (SSSR count). The topological polar surface area (TPSA) is 43.2 Å². The number of piperidine rings is 1. The molecule has 2 heterocycles. The number of methoxy groups -OCH3 is 1. The molecule has 6 heteroatoms. The van der Waals surface area contributed by atoms with Crippen LogP contribution in [-0.2, 0) is 6.54 Å². The summed E-state index contributed by atoms with van der Waals surface area (Å²) in [4.78, 5) is 2.56. The molecule has 5 nitrogen and oxygen atoms in total. The van der Waals surface area contributed by atoms with E-state index in [0.717, 1.165) is 41.1 Å². The maximum Gasteiger partial charge on any atom is 0.191 e. The lowest BCUT2D eigenvalue weighted by Crippen LogP contribution is -2.31. The first kappa shape index (κ1) is 17.3. The van der Waals surface area contributed by atoms with Crippen LogP contribution in [0.15, 0.2) is 29.4 Å². The third kappa shape index (κ3) is 4.11. The SMILES string of the molecule is CCn1c(SCCN2CCCCC2)nnc1-c1ccc(OC)cc1. The second-order valence-corrected chi connectivity index (χ2v) is 7.09. The van der Waals surface area contributed by atoms with Crippen molar-refractivity contribution < 1.29 is 4.74 Å². The fraction of sp³-hybridized carbons (Fsp3) is 0.556. The number of hydrogen-bond donors (Lipinski definition) is 0. The Balaban J connectivity index is 1.64. The van der Waals surface area contributed by atoms with Crippen LogP contribution in [0.1, 0.15) is 26.2 Å². The lowest BCUT2D eigenvalue weighted by molar-refractivity contribution is 0.242. The highest BCUT2D eigenvalue weighted by molar-refractivity contribution is 7.99. The molecule has 1 aromatic heterocycles. The van der Waals surface area contributed by atoms with Gasteiger partial charge in [0.2, 0.25) is 0 Å². The first-order chi connectivity index (χ1) is 11.8. The second-order valence-electron chi connectivity index (χ2n) is 6.03. The van der Waals surface area contributed by atoms with Crippen LogP contribution in [-0.4, -0.2) is 52.2 Å². The molecule has 2 aromatic rings. The molecule has 0 N–H and O–H groups in total. The molecule has 1 aliphatic heterocycles. The first-order valence-corrected chi connectivity index (χ1v) is 9.73. The standard InChI is InChI=1S/C18H26N4OS/c1-3-22-17(15-7-9-16(23-2)10-8-15)19-20-18(22)24-14-13-21-11-5-4-6-12-21/h7-10H,3-6,11-14H2,1-2H3. The molecule has 0 atom stereocenters. The van der Waals surface area contributed by atoms with E-state index in [1.807, 2.05) is 36.0 Å². The number of aromatic nitrogens is 3. The lowest BCUT2D eigenvalue weighted by Gasteiger charge is -2.25. The number of nitrogens with zero attached hydrogens (tertiary/aromatic N) is 4. The fourth-order valence-electron chi connectivity index (χ4n) is 3.08. The molecule has 1 aliphatic rings. The van der Waals surface area contributed by atoms with Crippen LogP contribution < -0.4 is 4.74 Å². The van der Waals surface area contributed by atoms with E-state index >= 15 is 0 Å². The van der Waals surface area contributed by atoms with Gasteiger partial charge in [-0.25, -0.2) is 0 Å². The molecule has 0 radical (unpaired) electrons. The predicted octanol–water partition coefficient (Wildman–Crippen LogP) is 3.55. The average molecular weight is 346 g/mol. The third-order valence-corrected chi connectivity index (χ3v) is 5.42. The van der Waals surface area contributed by atoms with Crippen molar-refractivity contribution in [2.45, 2.75) is 37.9 Å². The molecule has 1 fully saturated rings. The van der Waals surface area contributed by atoms with Gasteiger partial charge in [-0.05, 0) is 57.1 Å². The Morgan fingerprint density at radius 2 is 1.83 bits per heavy atom. The number of benzene rings is 1. The molecule has 1 saturated heterocycles. The monoisotopic (exact) mass is 346 g/mol. The number of likely N-dealkylation sites (tertiary alicyclic amines) is 1. The van der Waals surface area contributed by atoms with Gasteiger partial charge in [-0.1, -0.05) is 18.2 Å². The van der Waals surface area contributed by atoms with Crippen molar-refractivity contribution >= 4 is 11.8 Å². The summed E-state index contributed by atoms with van der Waals surface area (Å²) in [6, 6.07) is 8.01. The van der Waals surface area contributed by atoms with Gasteiger partial charge >= 0.3 is 0 Å². The van der Waals surface area contributed by atoms with Gasteiger partial charge in [0, 0.05) is 24.4 Å². The molecule has 130 valence electrons. The van der Waals surface area contributed by atoms with E-state index in [-0.39, 0.29) is 0 Å². The van der Waals surface area contributed by atoms with Crippen LogP contribution in [0.5, 0.6) is 5.75 Å². The molecular weight excluding hydrogens is 320 g/mol. The minimum Gasteiger partial charge on any atom is -0.497 e. The van der Waals surface area contributed by atoms with Crippen LogP contribution in [0.4, 0.5) is 0 Å². The van der Waals surface area contributed by atoms with Gasteiger partial charge in [0.05, 0.1) is 7.11 Å². The number of rotatable bonds is 7. The van der Waals surface area contributed by atoms with E-state index in [0.29, 0.717) is 0 Å². The minimum atomic E-state index is 0.859. The molecule has 0 amide bonds. The summed E-state index contributed by atoms with van der Waals surface area (Å²) in [6.45, 7) is 6.65. The number of thioether (sulfide) groups is 1. The molecule has 0 spiro atoms. The van der Waals surface area contributed by atoms with Crippen molar-refractivity contribution in [3.63, 3.8) is 0 Å². The van der Waals surface area contributed by atoms with Gasteiger partial charge in [0.25, 0.3) is 0 Å². The van der Waals surface area contributed by atoms with Crippen LogP contribution in [0.3, 0.4) is 0 Å². The summed E-state index contributed by atoms with van der Waals surface area (Å²) in [5.41, 5.74) is 1.08.